The lowest BCUT2D eigenvalue weighted by Crippen LogP contribution is -2.43. The van der Waals surface area contributed by atoms with Crippen LogP contribution in [0.2, 0.25) is 0 Å². The maximum atomic E-state index is 13.0. The smallest absolute Gasteiger partial charge is 0.230 e. The van der Waals surface area contributed by atoms with Crippen LogP contribution >= 0.6 is 0 Å². The van der Waals surface area contributed by atoms with E-state index in [9.17, 15) is 4.79 Å². The van der Waals surface area contributed by atoms with Crippen LogP contribution < -0.4 is 5.32 Å². The summed E-state index contributed by atoms with van der Waals surface area (Å²) in [5.41, 5.74) is 1.66. The molecule has 2 N–H and O–H groups in total. The maximum absolute atomic E-state index is 13.0. The second kappa shape index (κ2) is 7.70. The summed E-state index contributed by atoms with van der Waals surface area (Å²) in [6.45, 7) is 0.540. The summed E-state index contributed by atoms with van der Waals surface area (Å²) in [7, 11) is 0. The molecule has 138 valence electrons. The number of nitrogens with one attached hydrogen (secondary N) is 2. The Morgan fingerprint density at radius 3 is 2.56 bits per heavy atom. The van der Waals surface area contributed by atoms with Crippen LogP contribution in [0.1, 0.15) is 37.1 Å². The minimum Gasteiger partial charge on any atom is -0.355 e. The molecule has 2 aromatic heterocycles. The molecular weight excluding hydrogens is 338 g/mol. The number of pyridine rings is 1. The molecule has 1 saturated carbocycles. The van der Waals surface area contributed by atoms with E-state index in [0.717, 1.165) is 42.6 Å². The minimum absolute atomic E-state index is 0.125. The van der Waals surface area contributed by atoms with Gasteiger partial charge in [-0.25, -0.2) is 4.98 Å². The van der Waals surface area contributed by atoms with Gasteiger partial charge in [-0.3, -0.25) is 14.9 Å². The van der Waals surface area contributed by atoms with Gasteiger partial charge in [0.2, 0.25) is 5.91 Å². The molecule has 0 spiro atoms. The molecule has 1 aliphatic carbocycles. The molecule has 6 heteroatoms. The van der Waals surface area contributed by atoms with Gasteiger partial charge in [0.1, 0.15) is 5.82 Å². The molecule has 1 amide bonds. The number of hydrogen-bond donors (Lipinski definition) is 2. The molecule has 1 aliphatic rings. The number of carbonyl (C=O) groups is 1. The van der Waals surface area contributed by atoms with Crippen molar-refractivity contribution < 1.29 is 4.79 Å². The van der Waals surface area contributed by atoms with E-state index in [0.29, 0.717) is 18.8 Å². The van der Waals surface area contributed by atoms with Gasteiger partial charge in [-0.1, -0.05) is 43.2 Å². The molecule has 1 fully saturated rings. The Balaban J connectivity index is 1.39. The number of aromatic nitrogens is 4. The van der Waals surface area contributed by atoms with Crippen LogP contribution in [0.4, 0.5) is 0 Å². The van der Waals surface area contributed by atoms with Crippen LogP contribution in [0.15, 0.2) is 54.9 Å². The predicted octanol–water partition coefficient (Wildman–Crippen LogP) is 3.04. The second-order valence-corrected chi connectivity index (χ2v) is 7.00. The van der Waals surface area contributed by atoms with Crippen molar-refractivity contribution in [3.8, 4) is 11.4 Å². The maximum Gasteiger partial charge on any atom is 0.230 e. The van der Waals surface area contributed by atoms with E-state index in [1.165, 1.54) is 0 Å². The molecule has 27 heavy (non-hydrogen) atoms. The standard InChI is InChI=1S/C21H23N5O/c27-20(21(11-4-5-12-21)17-6-2-1-3-7-17)23-15-10-18-24-19(26-25-18)16-8-13-22-14-9-16/h1-3,6-9,13-14H,4-5,10-12,15H2,(H,23,27)(H,24,25,26). The molecule has 0 unspecified atom stereocenters. The van der Waals surface area contributed by atoms with Crippen molar-refractivity contribution in [2.24, 2.45) is 0 Å². The first-order valence-electron chi connectivity index (χ1n) is 9.43. The zero-order chi connectivity index (χ0) is 18.5. The van der Waals surface area contributed by atoms with Crippen LogP contribution in [-0.4, -0.2) is 32.6 Å². The van der Waals surface area contributed by atoms with Crippen LogP contribution in [0.5, 0.6) is 0 Å². The number of H-pyrrole nitrogens is 1. The SMILES string of the molecule is O=C(NCCc1nc(-c2ccncc2)n[nH]1)C1(c2ccccc2)CCCC1. The third-order valence-electron chi connectivity index (χ3n) is 5.34. The quantitative estimate of drug-likeness (QED) is 0.707. The highest BCUT2D eigenvalue weighted by atomic mass is 16.2. The number of benzene rings is 1. The van der Waals surface area contributed by atoms with Gasteiger partial charge in [-0.2, -0.15) is 5.10 Å². The Labute approximate surface area is 158 Å². The second-order valence-electron chi connectivity index (χ2n) is 7.00. The molecule has 4 rings (SSSR count). The monoisotopic (exact) mass is 361 g/mol. The Hall–Kier alpha value is -3.02. The normalized spacial score (nSPS) is 15.6. The molecular formula is C21H23N5O. The fourth-order valence-electron chi connectivity index (χ4n) is 3.88. The van der Waals surface area contributed by atoms with Gasteiger partial charge in [0.25, 0.3) is 0 Å². The van der Waals surface area contributed by atoms with Crippen molar-refractivity contribution in [2.75, 3.05) is 6.54 Å². The highest BCUT2D eigenvalue weighted by Crippen LogP contribution is 2.41. The lowest BCUT2D eigenvalue weighted by atomic mass is 9.78. The number of carbonyl (C=O) groups excluding carboxylic acids is 1. The molecule has 0 aliphatic heterocycles. The van der Waals surface area contributed by atoms with Crippen molar-refractivity contribution in [1.29, 1.82) is 0 Å². The molecule has 0 bridgehead atoms. The number of aromatic amines is 1. The first kappa shape index (κ1) is 17.4. The van der Waals surface area contributed by atoms with Gasteiger partial charge in [-0.05, 0) is 30.5 Å². The Morgan fingerprint density at radius 1 is 1.07 bits per heavy atom. The summed E-state index contributed by atoms with van der Waals surface area (Å²) in [6.07, 6.45) is 8.08. The third-order valence-corrected chi connectivity index (χ3v) is 5.34. The average Bonchev–Trinajstić information content (AvgIpc) is 3.40. The zero-order valence-electron chi connectivity index (χ0n) is 15.2. The summed E-state index contributed by atoms with van der Waals surface area (Å²) in [5.74, 6) is 1.54. The van der Waals surface area contributed by atoms with Gasteiger partial charge in [0.05, 0.1) is 5.41 Å². The van der Waals surface area contributed by atoms with Crippen molar-refractivity contribution >= 4 is 5.91 Å². The number of amides is 1. The topological polar surface area (TPSA) is 83.6 Å². The van der Waals surface area contributed by atoms with Crippen LogP contribution in [0, 0.1) is 0 Å². The number of hydrogen-bond acceptors (Lipinski definition) is 4. The van der Waals surface area contributed by atoms with E-state index in [-0.39, 0.29) is 11.3 Å². The summed E-state index contributed by atoms with van der Waals surface area (Å²) in [6, 6.07) is 13.9. The first-order chi connectivity index (χ1) is 13.3. The fraction of sp³-hybridized carbons (Fsp3) is 0.333. The average molecular weight is 361 g/mol. The first-order valence-corrected chi connectivity index (χ1v) is 9.43. The summed E-state index contributed by atoms with van der Waals surface area (Å²) in [4.78, 5) is 21.5. The Morgan fingerprint density at radius 2 is 1.81 bits per heavy atom. The molecule has 0 radical (unpaired) electrons. The molecule has 1 aromatic carbocycles. The molecule has 6 nitrogen and oxygen atoms in total. The van der Waals surface area contributed by atoms with Gasteiger partial charge in [-0.15, -0.1) is 0 Å². The Bertz CT molecular complexity index is 885. The zero-order valence-corrected chi connectivity index (χ0v) is 15.2. The van der Waals surface area contributed by atoms with E-state index < -0.39 is 0 Å². The largest absolute Gasteiger partial charge is 0.355 e. The van der Waals surface area contributed by atoms with Gasteiger partial charge >= 0.3 is 0 Å². The van der Waals surface area contributed by atoms with Crippen molar-refractivity contribution in [2.45, 2.75) is 37.5 Å². The lowest BCUT2D eigenvalue weighted by molar-refractivity contribution is -0.126. The summed E-state index contributed by atoms with van der Waals surface area (Å²) in [5, 5.41) is 10.3. The molecule has 2 heterocycles. The molecule has 0 atom stereocenters. The van der Waals surface area contributed by atoms with E-state index >= 15 is 0 Å². The number of nitrogens with zero attached hydrogens (tertiary/aromatic N) is 3. The summed E-state index contributed by atoms with van der Waals surface area (Å²) >= 11 is 0. The number of rotatable bonds is 6. The molecule has 3 aromatic rings. The predicted molar refractivity (Wildman–Crippen MR) is 103 cm³/mol. The van der Waals surface area contributed by atoms with E-state index in [1.54, 1.807) is 12.4 Å². The fourth-order valence-corrected chi connectivity index (χ4v) is 3.88. The van der Waals surface area contributed by atoms with E-state index in [4.69, 9.17) is 0 Å². The van der Waals surface area contributed by atoms with Gasteiger partial charge < -0.3 is 5.32 Å². The van der Waals surface area contributed by atoms with Crippen LogP contribution in [-0.2, 0) is 16.6 Å². The van der Waals surface area contributed by atoms with E-state index in [2.05, 4.69) is 37.6 Å². The van der Waals surface area contributed by atoms with Crippen LogP contribution in [0.25, 0.3) is 11.4 Å². The van der Waals surface area contributed by atoms with Crippen molar-refractivity contribution in [1.82, 2.24) is 25.5 Å². The highest BCUT2D eigenvalue weighted by molar-refractivity contribution is 5.88. The minimum atomic E-state index is -0.384. The molecule has 0 saturated heterocycles. The Kier molecular flexibility index (Phi) is 4.96. The summed E-state index contributed by atoms with van der Waals surface area (Å²) < 4.78 is 0. The third kappa shape index (κ3) is 3.60. The lowest BCUT2D eigenvalue weighted by Gasteiger charge is -2.28. The van der Waals surface area contributed by atoms with Gasteiger partial charge in [0.15, 0.2) is 5.82 Å². The highest BCUT2D eigenvalue weighted by Gasteiger charge is 2.42. The van der Waals surface area contributed by atoms with E-state index in [1.807, 2.05) is 30.3 Å². The van der Waals surface area contributed by atoms with Gasteiger partial charge in [0, 0.05) is 30.9 Å². The van der Waals surface area contributed by atoms with Crippen LogP contribution in [0.3, 0.4) is 0 Å². The van der Waals surface area contributed by atoms with Crippen molar-refractivity contribution in [3.63, 3.8) is 0 Å². The van der Waals surface area contributed by atoms with Crippen molar-refractivity contribution in [3.05, 3.63) is 66.2 Å².